The summed E-state index contributed by atoms with van der Waals surface area (Å²) < 4.78 is 40.3. The van der Waals surface area contributed by atoms with Gasteiger partial charge in [0.1, 0.15) is 11.9 Å². The zero-order valence-electron chi connectivity index (χ0n) is 13.1. The molecule has 7 nitrogen and oxygen atoms in total. The predicted octanol–water partition coefficient (Wildman–Crippen LogP) is 0.913. The van der Waals surface area contributed by atoms with Crippen LogP contribution in [0.15, 0.2) is 23.1 Å². The van der Waals surface area contributed by atoms with Gasteiger partial charge in [0.25, 0.3) is 0 Å². The number of benzene rings is 1. The summed E-state index contributed by atoms with van der Waals surface area (Å²) in [6, 6.07) is 4.28. The van der Waals surface area contributed by atoms with Crippen LogP contribution in [-0.4, -0.2) is 49.6 Å². The molecule has 0 spiro atoms. The van der Waals surface area contributed by atoms with Gasteiger partial charge in [-0.15, -0.1) is 0 Å². The van der Waals surface area contributed by atoms with Gasteiger partial charge in [-0.25, -0.2) is 17.5 Å². The Morgan fingerprint density at radius 3 is 2.71 bits per heavy atom. The van der Waals surface area contributed by atoms with E-state index in [4.69, 9.17) is 10.4 Å². The van der Waals surface area contributed by atoms with Gasteiger partial charge in [0.2, 0.25) is 10.0 Å². The highest BCUT2D eigenvalue weighted by Gasteiger charge is 2.36. The van der Waals surface area contributed by atoms with Crippen LogP contribution in [0.1, 0.15) is 25.3 Å². The summed E-state index contributed by atoms with van der Waals surface area (Å²) in [5.74, 6) is -1.60. The van der Waals surface area contributed by atoms with Crippen molar-refractivity contribution in [3.8, 4) is 6.07 Å². The third-order valence-corrected chi connectivity index (χ3v) is 5.63. The Morgan fingerprint density at radius 1 is 1.50 bits per heavy atom. The van der Waals surface area contributed by atoms with Crippen molar-refractivity contribution in [2.24, 2.45) is 0 Å². The van der Waals surface area contributed by atoms with Crippen LogP contribution in [0, 0.1) is 17.1 Å². The number of hydrogen-bond acceptors (Lipinski definition) is 5. The normalized spacial score (nSPS) is 20.4. The lowest BCUT2D eigenvalue weighted by molar-refractivity contribution is -0.139. The maximum Gasteiger partial charge on any atom is 0.317 e. The molecule has 0 heterocycles. The first-order valence-corrected chi connectivity index (χ1v) is 8.93. The van der Waals surface area contributed by atoms with E-state index in [0.29, 0.717) is 19.4 Å². The predicted molar refractivity (Wildman–Crippen MR) is 83.1 cm³/mol. The Kier molecular flexibility index (Phi) is 5.54. The standard InChI is InChI=1S/C15H18FN3O4S/c1-2-19(9-15(20)21)13-6-12(7-13)18-24(22,23)14-4-3-11(16)5-10(14)8-17/h3-5,12-13,18H,2,6-7,9H2,1H3,(H,20,21). The van der Waals surface area contributed by atoms with Gasteiger partial charge in [-0.05, 0) is 37.6 Å². The topological polar surface area (TPSA) is 110 Å². The first-order valence-electron chi connectivity index (χ1n) is 7.44. The van der Waals surface area contributed by atoms with Crippen molar-refractivity contribution in [3.05, 3.63) is 29.6 Å². The Morgan fingerprint density at radius 2 is 2.17 bits per heavy atom. The number of nitrogens with one attached hydrogen (secondary N) is 1. The summed E-state index contributed by atoms with van der Waals surface area (Å²) in [7, 11) is -3.93. The monoisotopic (exact) mass is 355 g/mol. The zero-order chi connectivity index (χ0) is 17.9. The third-order valence-electron chi connectivity index (χ3n) is 4.05. The van der Waals surface area contributed by atoms with Crippen LogP contribution >= 0.6 is 0 Å². The summed E-state index contributed by atoms with van der Waals surface area (Å²) in [6.07, 6.45) is 0.979. The lowest BCUT2D eigenvalue weighted by Crippen LogP contribution is -2.54. The van der Waals surface area contributed by atoms with Crippen LogP contribution in [0.2, 0.25) is 0 Å². The summed E-state index contributed by atoms with van der Waals surface area (Å²) in [5.41, 5.74) is -0.251. The maximum atomic E-state index is 13.1. The number of carbonyl (C=O) groups is 1. The summed E-state index contributed by atoms with van der Waals surface area (Å²) in [6.45, 7) is 2.32. The molecular weight excluding hydrogens is 337 g/mol. The summed E-state index contributed by atoms with van der Waals surface area (Å²) >= 11 is 0. The van der Waals surface area contributed by atoms with Gasteiger partial charge < -0.3 is 5.11 Å². The zero-order valence-corrected chi connectivity index (χ0v) is 13.9. The SMILES string of the molecule is CCN(CC(=O)O)C1CC(NS(=O)(=O)c2ccc(F)cc2C#N)C1. The minimum absolute atomic E-state index is 0.00227. The van der Waals surface area contributed by atoms with E-state index in [9.17, 15) is 17.6 Å². The molecule has 0 unspecified atom stereocenters. The largest absolute Gasteiger partial charge is 0.480 e. The minimum atomic E-state index is -3.93. The summed E-state index contributed by atoms with van der Waals surface area (Å²) in [4.78, 5) is 12.3. The fourth-order valence-corrected chi connectivity index (χ4v) is 4.16. The van der Waals surface area contributed by atoms with Gasteiger partial charge in [-0.3, -0.25) is 9.69 Å². The number of aliphatic carboxylic acids is 1. The average Bonchev–Trinajstić information content (AvgIpc) is 2.47. The number of nitriles is 1. The maximum absolute atomic E-state index is 13.1. The molecule has 1 aliphatic carbocycles. The van der Waals surface area contributed by atoms with Gasteiger partial charge in [0.05, 0.1) is 17.0 Å². The molecule has 0 radical (unpaired) electrons. The molecule has 0 bridgehead atoms. The Balaban J connectivity index is 2.03. The smallest absolute Gasteiger partial charge is 0.317 e. The Labute approximate surface area is 139 Å². The van der Waals surface area contributed by atoms with Gasteiger partial charge in [0, 0.05) is 12.1 Å². The number of rotatable bonds is 7. The van der Waals surface area contributed by atoms with E-state index in [1.54, 1.807) is 11.0 Å². The van der Waals surface area contributed by atoms with Gasteiger partial charge in [-0.1, -0.05) is 6.92 Å². The van der Waals surface area contributed by atoms with Gasteiger partial charge in [-0.2, -0.15) is 5.26 Å². The summed E-state index contributed by atoms with van der Waals surface area (Å²) in [5, 5.41) is 17.8. The fraction of sp³-hybridized carbons (Fsp3) is 0.467. The Bertz CT molecular complexity index is 769. The molecule has 1 fully saturated rings. The molecule has 2 N–H and O–H groups in total. The van der Waals surface area contributed by atoms with Crippen molar-refractivity contribution in [1.82, 2.24) is 9.62 Å². The molecule has 9 heteroatoms. The molecule has 24 heavy (non-hydrogen) atoms. The van der Waals surface area contributed by atoms with Crippen LogP contribution in [-0.2, 0) is 14.8 Å². The van der Waals surface area contributed by atoms with E-state index in [2.05, 4.69) is 4.72 Å². The fourth-order valence-electron chi connectivity index (χ4n) is 2.76. The van der Waals surface area contributed by atoms with Crippen molar-refractivity contribution in [3.63, 3.8) is 0 Å². The molecule has 1 aromatic rings. The molecular formula is C15H18FN3O4S. The highest BCUT2D eigenvalue weighted by atomic mass is 32.2. The molecule has 1 saturated carbocycles. The van der Waals surface area contributed by atoms with Crippen LogP contribution in [0.25, 0.3) is 0 Å². The molecule has 0 aromatic heterocycles. The van der Waals surface area contributed by atoms with E-state index < -0.39 is 21.8 Å². The van der Waals surface area contributed by atoms with Crippen molar-refractivity contribution in [2.45, 2.75) is 36.7 Å². The second kappa shape index (κ2) is 7.25. The molecule has 0 amide bonds. The van der Waals surface area contributed by atoms with Gasteiger partial charge in [0.15, 0.2) is 0 Å². The second-order valence-electron chi connectivity index (χ2n) is 5.65. The van der Waals surface area contributed by atoms with Crippen molar-refractivity contribution >= 4 is 16.0 Å². The number of likely N-dealkylation sites (N-methyl/N-ethyl adjacent to an activating group) is 1. The van der Waals surface area contributed by atoms with Crippen LogP contribution in [0.3, 0.4) is 0 Å². The van der Waals surface area contributed by atoms with E-state index in [1.807, 2.05) is 6.92 Å². The Hall–Kier alpha value is -2.02. The number of nitrogens with zero attached hydrogens (tertiary/aromatic N) is 2. The number of hydrogen-bond donors (Lipinski definition) is 2. The first kappa shape index (κ1) is 18.3. The molecule has 1 aromatic carbocycles. The average molecular weight is 355 g/mol. The number of carboxylic acids is 1. The lowest BCUT2D eigenvalue weighted by Gasteiger charge is -2.42. The number of carboxylic acid groups (broad SMARTS) is 1. The first-order chi connectivity index (χ1) is 11.3. The molecule has 2 rings (SSSR count). The van der Waals surface area contributed by atoms with Crippen LogP contribution in [0.4, 0.5) is 4.39 Å². The van der Waals surface area contributed by atoms with E-state index in [0.717, 1.165) is 18.2 Å². The molecule has 1 aliphatic rings. The highest BCUT2D eigenvalue weighted by molar-refractivity contribution is 7.89. The van der Waals surface area contributed by atoms with E-state index in [1.165, 1.54) is 0 Å². The van der Waals surface area contributed by atoms with E-state index in [-0.39, 0.29) is 29.1 Å². The molecule has 0 aliphatic heterocycles. The van der Waals surface area contributed by atoms with Crippen molar-refractivity contribution < 1.29 is 22.7 Å². The second-order valence-corrected chi connectivity index (χ2v) is 7.33. The third kappa shape index (κ3) is 4.08. The van der Waals surface area contributed by atoms with Crippen LogP contribution < -0.4 is 4.72 Å². The van der Waals surface area contributed by atoms with Crippen LogP contribution in [0.5, 0.6) is 0 Å². The quantitative estimate of drug-likeness (QED) is 0.752. The van der Waals surface area contributed by atoms with Gasteiger partial charge >= 0.3 is 5.97 Å². The van der Waals surface area contributed by atoms with Crippen molar-refractivity contribution in [2.75, 3.05) is 13.1 Å². The number of sulfonamides is 1. The minimum Gasteiger partial charge on any atom is -0.480 e. The number of halogens is 1. The molecule has 0 atom stereocenters. The highest BCUT2D eigenvalue weighted by Crippen LogP contribution is 2.27. The lowest BCUT2D eigenvalue weighted by atomic mass is 9.86. The van der Waals surface area contributed by atoms with Crippen molar-refractivity contribution in [1.29, 1.82) is 5.26 Å². The molecule has 0 saturated heterocycles. The van der Waals surface area contributed by atoms with E-state index >= 15 is 0 Å². The molecule has 130 valence electrons.